The highest BCUT2D eigenvalue weighted by Gasteiger charge is 2.17. The molecule has 0 atom stereocenters. The molecule has 2 aromatic carbocycles. The molecule has 5 nitrogen and oxygen atoms in total. The number of carbonyl (C=O) groups excluding carboxylic acids is 1. The topological polar surface area (TPSA) is 66.9 Å². The maximum absolute atomic E-state index is 14.1. The van der Waals surface area contributed by atoms with Gasteiger partial charge in [0.15, 0.2) is 0 Å². The van der Waals surface area contributed by atoms with Crippen LogP contribution in [-0.4, -0.2) is 15.9 Å². The van der Waals surface area contributed by atoms with Crippen LogP contribution in [0.5, 0.6) is 0 Å². The third-order valence-corrected chi connectivity index (χ3v) is 5.20. The van der Waals surface area contributed by atoms with Crippen LogP contribution in [0.15, 0.2) is 47.1 Å². The molecule has 3 aromatic rings. The molecule has 0 fully saturated rings. The van der Waals surface area contributed by atoms with Crippen LogP contribution in [0.2, 0.25) is 0 Å². The maximum atomic E-state index is 14.1. The van der Waals surface area contributed by atoms with Gasteiger partial charge in [-0.15, -0.1) is 0 Å². The van der Waals surface area contributed by atoms with Gasteiger partial charge in [0.1, 0.15) is 5.82 Å². The zero-order chi connectivity index (χ0) is 19.7. The second-order valence-electron chi connectivity index (χ2n) is 6.78. The second-order valence-corrected chi connectivity index (χ2v) is 7.70. The molecule has 142 valence electrons. The summed E-state index contributed by atoms with van der Waals surface area (Å²) in [7, 11) is 0. The molecule has 1 aliphatic heterocycles. The van der Waals surface area contributed by atoms with Gasteiger partial charge in [0.05, 0.1) is 6.42 Å². The van der Waals surface area contributed by atoms with Crippen molar-refractivity contribution in [2.24, 2.45) is 0 Å². The molecule has 4 rings (SSSR count). The number of benzene rings is 2. The number of aromatic nitrogens is 2. The number of aryl methyl sites for hydroxylation is 3. The van der Waals surface area contributed by atoms with Gasteiger partial charge in [-0.05, 0) is 66.8 Å². The van der Waals surface area contributed by atoms with E-state index in [9.17, 15) is 9.18 Å². The Morgan fingerprint density at radius 2 is 2.07 bits per heavy atom. The summed E-state index contributed by atoms with van der Waals surface area (Å²) in [5, 5.41) is 6.01. The summed E-state index contributed by atoms with van der Waals surface area (Å²) in [4.78, 5) is 20.4. The molecule has 0 radical (unpaired) electrons. The van der Waals surface area contributed by atoms with Gasteiger partial charge in [-0.1, -0.05) is 22.0 Å². The Morgan fingerprint density at radius 3 is 2.89 bits per heavy atom. The van der Waals surface area contributed by atoms with E-state index in [1.807, 2.05) is 31.2 Å². The first kappa shape index (κ1) is 18.6. The fourth-order valence-electron chi connectivity index (χ4n) is 3.20. The highest BCUT2D eigenvalue weighted by Crippen LogP contribution is 2.27. The molecule has 28 heavy (non-hydrogen) atoms. The fraction of sp³-hybridized carbons (Fsp3) is 0.190. The Balaban J connectivity index is 1.49. The third kappa shape index (κ3) is 4.04. The van der Waals surface area contributed by atoms with Crippen LogP contribution < -0.4 is 10.6 Å². The lowest BCUT2D eigenvalue weighted by Gasteiger charge is -2.10. The summed E-state index contributed by atoms with van der Waals surface area (Å²) in [5.74, 6) is 0.260. The number of carbonyl (C=O) groups is 1. The zero-order valence-electron chi connectivity index (χ0n) is 15.2. The van der Waals surface area contributed by atoms with E-state index < -0.39 is 0 Å². The summed E-state index contributed by atoms with van der Waals surface area (Å²) in [5.41, 5.74) is 5.12. The van der Waals surface area contributed by atoms with Crippen molar-refractivity contribution in [3.63, 3.8) is 0 Å². The lowest BCUT2D eigenvalue weighted by Crippen LogP contribution is -2.04. The Bertz CT molecular complexity index is 1070. The smallest absolute Gasteiger partial charge is 0.228 e. The molecule has 0 unspecified atom stereocenters. The van der Waals surface area contributed by atoms with Crippen LogP contribution >= 0.6 is 15.9 Å². The molecule has 1 amide bonds. The van der Waals surface area contributed by atoms with Crippen molar-refractivity contribution in [2.45, 2.75) is 26.2 Å². The maximum Gasteiger partial charge on any atom is 0.228 e. The minimum absolute atomic E-state index is 0.00111. The van der Waals surface area contributed by atoms with Gasteiger partial charge in [0.25, 0.3) is 0 Å². The predicted octanol–water partition coefficient (Wildman–Crippen LogP) is 4.71. The number of amides is 1. The zero-order valence-corrected chi connectivity index (χ0v) is 16.8. The van der Waals surface area contributed by atoms with Crippen LogP contribution in [0.3, 0.4) is 0 Å². The monoisotopic (exact) mass is 440 g/mol. The van der Waals surface area contributed by atoms with Gasteiger partial charge >= 0.3 is 0 Å². The summed E-state index contributed by atoms with van der Waals surface area (Å²) in [6, 6.07) is 10.8. The quantitative estimate of drug-likeness (QED) is 0.602. The van der Waals surface area contributed by atoms with Gasteiger partial charge in [-0.25, -0.2) is 14.4 Å². The number of hydrogen-bond acceptors (Lipinski definition) is 4. The number of anilines is 3. The lowest BCUT2D eigenvalue weighted by atomic mass is 10.1. The first-order valence-electron chi connectivity index (χ1n) is 8.94. The summed E-state index contributed by atoms with van der Waals surface area (Å²) < 4.78 is 14.8. The van der Waals surface area contributed by atoms with Gasteiger partial charge in [-0.3, -0.25) is 4.79 Å². The normalized spacial score (nSPS) is 12.6. The Labute approximate surface area is 170 Å². The van der Waals surface area contributed by atoms with Crippen LogP contribution in [0, 0.1) is 12.7 Å². The molecular weight excluding hydrogens is 423 g/mol. The Kier molecular flexibility index (Phi) is 5.09. The fourth-order valence-corrected chi connectivity index (χ4v) is 3.54. The Morgan fingerprint density at radius 1 is 1.21 bits per heavy atom. The van der Waals surface area contributed by atoms with E-state index in [2.05, 4.69) is 36.5 Å². The van der Waals surface area contributed by atoms with E-state index in [1.54, 1.807) is 12.3 Å². The molecule has 0 bridgehead atoms. The van der Waals surface area contributed by atoms with Crippen molar-refractivity contribution >= 4 is 39.2 Å². The molecule has 1 aliphatic rings. The molecule has 0 saturated carbocycles. The number of rotatable bonds is 5. The molecule has 1 aromatic heterocycles. The molecule has 0 aliphatic carbocycles. The van der Waals surface area contributed by atoms with Crippen molar-refractivity contribution < 1.29 is 9.18 Å². The third-order valence-electron chi connectivity index (χ3n) is 4.71. The number of nitrogens with one attached hydrogen (secondary N) is 2. The van der Waals surface area contributed by atoms with E-state index in [4.69, 9.17) is 0 Å². The molecule has 0 spiro atoms. The molecule has 2 heterocycles. The van der Waals surface area contributed by atoms with Crippen LogP contribution in [-0.2, 0) is 24.1 Å². The Hall–Kier alpha value is -2.80. The lowest BCUT2D eigenvalue weighted by molar-refractivity contribution is -0.115. The van der Waals surface area contributed by atoms with E-state index >= 15 is 0 Å². The number of hydrogen-bond donors (Lipinski definition) is 2. The highest BCUT2D eigenvalue weighted by atomic mass is 79.9. The van der Waals surface area contributed by atoms with Crippen molar-refractivity contribution in [3.05, 3.63) is 75.3 Å². The summed E-state index contributed by atoms with van der Waals surface area (Å²) in [6.07, 6.45) is 3.32. The van der Waals surface area contributed by atoms with Gasteiger partial charge in [-0.2, -0.15) is 0 Å². The van der Waals surface area contributed by atoms with Crippen molar-refractivity contribution in [3.8, 4) is 0 Å². The van der Waals surface area contributed by atoms with Gasteiger partial charge < -0.3 is 10.6 Å². The minimum atomic E-state index is -0.222. The van der Waals surface area contributed by atoms with E-state index in [0.717, 1.165) is 32.7 Å². The first-order valence-corrected chi connectivity index (χ1v) is 9.73. The first-order chi connectivity index (χ1) is 13.5. The highest BCUT2D eigenvalue weighted by molar-refractivity contribution is 9.10. The average Bonchev–Trinajstić information content (AvgIpc) is 3.02. The standard InChI is InChI=1S/C21H18BrFN4O/c1-12-11-24-21(25-16-5-7-19-14(8-16)9-20(28)26-19)27-18(12)6-3-13-2-4-15(22)10-17(13)23/h2,4-5,7-8,10-11H,3,6,9H2,1H3,(H,26,28)(H,24,25,27). The average molecular weight is 441 g/mol. The van der Waals surface area contributed by atoms with Crippen molar-refractivity contribution in [1.82, 2.24) is 9.97 Å². The van der Waals surface area contributed by atoms with Gasteiger partial charge in [0.2, 0.25) is 11.9 Å². The second kappa shape index (κ2) is 7.67. The molecular formula is C21H18BrFN4O. The van der Waals surface area contributed by atoms with E-state index in [0.29, 0.717) is 30.8 Å². The molecule has 7 heteroatoms. The predicted molar refractivity (Wildman–Crippen MR) is 110 cm³/mol. The van der Waals surface area contributed by atoms with Crippen molar-refractivity contribution in [1.29, 1.82) is 0 Å². The van der Waals surface area contributed by atoms with Crippen LogP contribution in [0.4, 0.5) is 21.7 Å². The van der Waals surface area contributed by atoms with Crippen LogP contribution in [0.25, 0.3) is 0 Å². The summed E-state index contributed by atoms with van der Waals surface area (Å²) >= 11 is 3.28. The summed E-state index contributed by atoms with van der Waals surface area (Å²) in [6.45, 7) is 1.95. The largest absolute Gasteiger partial charge is 0.326 e. The van der Waals surface area contributed by atoms with Crippen molar-refractivity contribution in [2.75, 3.05) is 10.6 Å². The molecule has 2 N–H and O–H groups in total. The SMILES string of the molecule is Cc1cnc(Nc2ccc3c(c2)CC(=O)N3)nc1CCc1ccc(Br)cc1F. The number of nitrogens with zero attached hydrogens (tertiary/aromatic N) is 2. The minimum Gasteiger partial charge on any atom is -0.326 e. The van der Waals surface area contributed by atoms with Crippen LogP contribution in [0.1, 0.15) is 22.4 Å². The van der Waals surface area contributed by atoms with E-state index in [-0.39, 0.29) is 11.7 Å². The molecule has 0 saturated heterocycles. The number of fused-ring (bicyclic) bond motifs is 1. The van der Waals surface area contributed by atoms with E-state index in [1.165, 1.54) is 6.07 Å². The number of halogens is 2. The van der Waals surface area contributed by atoms with Gasteiger partial charge in [0, 0.05) is 27.7 Å².